The van der Waals surface area contributed by atoms with E-state index in [0.717, 1.165) is 41.9 Å². The molecule has 0 aliphatic carbocycles. The molecular formula is C22H29NO3. The molecule has 0 aromatic heterocycles. The van der Waals surface area contributed by atoms with Crippen LogP contribution in [0.25, 0.3) is 0 Å². The first-order valence-corrected chi connectivity index (χ1v) is 9.38. The second kappa shape index (κ2) is 10.5. The van der Waals surface area contributed by atoms with Crippen molar-refractivity contribution in [3.05, 3.63) is 59.2 Å². The lowest BCUT2D eigenvalue weighted by Crippen LogP contribution is -2.24. The molecule has 26 heavy (non-hydrogen) atoms. The maximum Gasteiger partial charge on any atom is 0.251 e. The molecule has 0 unspecified atom stereocenters. The number of hydrogen-bond donors (Lipinski definition) is 1. The van der Waals surface area contributed by atoms with Gasteiger partial charge in [0, 0.05) is 17.7 Å². The van der Waals surface area contributed by atoms with Crippen LogP contribution in [0.5, 0.6) is 11.5 Å². The molecule has 1 N–H and O–H groups in total. The monoisotopic (exact) mass is 355 g/mol. The molecule has 0 bridgehead atoms. The number of nitrogens with one attached hydrogen (secondary N) is 1. The second-order valence-corrected chi connectivity index (χ2v) is 6.27. The number of carbonyl (C=O) groups excluding carboxylic acids is 1. The zero-order valence-corrected chi connectivity index (χ0v) is 16.0. The smallest absolute Gasteiger partial charge is 0.251 e. The maximum absolute atomic E-state index is 12.4. The van der Waals surface area contributed by atoms with Crippen molar-refractivity contribution in [1.82, 2.24) is 5.32 Å². The standard InChI is InChI=1S/C22H29NO3/c1-4-6-9-14-23-22(24)18-12-13-21(25-5-2)19(15-18)16-26-20-11-8-7-10-17(20)3/h7-8,10-13,15H,4-6,9,14,16H2,1-3H3,(H,23,24). The van der Waals surface area contributed by atoms with Gasteiger partial charge in [-0.3, -0.25) is 4.79 Å². The molecule has 0 radical (unpaired) electrons. The minimum atomic E-state index is -0.0544. The summed E-state index contributed by atoms with van der Waals surface area (Å²) in [5.41, 5.74) is 2.58. The zero-order valence-electron chi connectivity index (χ0n) is 16.0. The van der Waals surface area contributed by atoms with E-state index < -0.39 is 0 Å². The quantitative estimate of drug-likeness (QED) is 0.617. The Morgan fingerprint density at radius 2 is 1.81 bits per heavy atom. The van der Waals surface area contributed by atoms with Crippen molar-refractivity contribution in [3.63, 3.8) is 0 Å². The number of amides is 1. The van der Waals surface area contributed by atoms with Gasteiger partial charge in [0.05, 0.1) is 6.61 Å². The summed E-state index contributed by atoms with van der Waals surface area (Å²) < 4.78 is 11.6. The number of para-hydroxylation sites is 1. The fourth-order valence-corrected chi connectivity index (χ4v) is 2.68. The van der Waals surface area contributed by atoms with Crippen LogP contribution in [0.3, 0.4) is 0 Å². The molecule has 2 rings (SSSR count). The summed E-state index contributed by atoms with van der Waals surface area (Å²) in [5, 5.41) is 2.97. The summed E-state index contributed by atoms with van der Waals surface area (Å²) in [6.45, 7) is 7.74. The van der Waals surface area contributed by atoms with E-state index in [1.807, 2.05) is 50.2 Å². The van der Waals surface area contributed by atoms with Gasteiger partial charge in [0.1, 0.15) is 18.1 Å². The van der Waals surface area contributed by atoms with Crippen LogP contribution >= 0.6 is 0 Å². The van der Waals surface area contributed by atoms with Gasteiger partial charge in [0.25, 0.3) is 5.91 Å². The van der Waals surface area contributed by atoms with E-state index >= 15 is 0 Å². The molecule has 0 fully saturated rings. The van der Waals surface area contributed by atoms with Crippen LogP contribution < -0.4 is 14.8 Å². The van der Waals surface area contributed by atoms with Crippen molar-refractivity contribution >= 4 is 5.91 Å². The van der Waals surface area contributed by atoms with Crippen molar-refractivity contribution in [2.75, 3.05) is 13.2 Å². The lowest BCUT2D eigenvalue weighted by molar-refractivity contribution is 0.0952. The third-order valence-electron chi connectivity index (χ3n) is 4.17. The van der Waals surface area contributed by atoms with Crippen LogP contribution in [0.4, 0.5) is 0 Å². The number of rotatable bonds is 10. The van der Waals surface area contributed by atoms with Crippen LogP contribution in [0, 0.1) is 6.92 Å². The molecule has 0 aliphatic heterocycles. The second-order valence-electron chi connectivity index (χ2n) is 6.27. The van der Waals surface area contributed by atoms with Crippen molar-refractivity contribution in [2.45, 2.75) is 46.6 Å². The van der Waals surface area contributed by atoms with E-state index in [2.05, 4.69) is 12.2 Å². The van der Waals surface area contributed by atoms with Gasteiger partial charge >= 0.3 is 0 Å². The van der Waals surface area contributed by atoms with Crippen LogP contribution in [0.1, 0.15) is 54.6 Å². The normalized spacial score (nSPS) is 10.4. The highest BCUT2D eigenvalue weighted by Gasteiger charge is 2.11. The molecule has 1 amide bonds. The van der Waals surface area contributed by atoms with Gasteiger partial charge < -0.3 is 14.8 Å². The molecule has 2 aromatic rings. The van der Waals surface area contributed by atoms with Gasteiger partial charge in [-0.15, -0.1) is 0 Å². The van der Waals surface area contributed by atoms with E-state index in [-0.39, 0.29) is 5.91 Å². The molecule has 0 heterocycles. The van der Waals surface area contributed by atoms with Crippen LogP contribution in [-0.4, -0.2) is 19.1 Å². The van der Waals surface area contributed by atoms with Crippen molar-refractivity contribution in [2.24, 2.45) is 0 Å². The van der Waals surface area contributed by atoms with Gasteiger partial charge in [-0.25, -0.2) is 0 Å². The van der Waals surface area contributed by atoms with Gasteiger partial charge in [0.15, 0.2) is 0 Å². The zero-order chi connectivity index (χ0) is 18.8. The molecule has 0 saturated heterocycles. The Hall–Kier alpha value is -2.49. The van der Waals surface area contributed by atoms with Crippen molar-refractivity contribution < 1.29 is 14.3 Å². The topological polar surface area (TPSA) is 47.6 Å². The summed E-state index contributed by atoms with van der Waals surface area (Å²) in [4.78, 5) is 12.4. The Labute approximate surface area is 156 Å². The highest BCUT2D eigenvalue weighted by Crippen LogP contribution is 2.24. The average Bonchev–Trinajstić information content (AvgIpc) is 2.65. The molecule has 0 aliphatic rings. The van der Waals surface area contributed by atoms with Crippen molar-refractivity contribution in [1.29, 1.82) is 0 Å². The van der Waals surface area contributed by atoms with Gasteiger partial charge in [0.2, 0.25) is 0 Å². The highest BCUT2D eigenvalue weighted by atomic mass is 16.5. The van der Waals surface area contributed by atoms with E-state index in [9.17, 15) is 4.79 Å². The first-order chi connectivity index (χ1) is 12.7. The summed E-state index contributed by atoms with van der Waals surface area (Å²) in [5.74, 6) is 1.54. The fraction of sp³-hybridized carbons (Fsp3) is 0.409. The Balaban J connectivity index is 2.09. The Bertz CT molecular complexity index is 712. The van der Waals surface area contributed by atoms with Crippen LogP contribution in [-0.2, 0) is 6.61 Å². The molecule has 2 aromatic carbocycles. The van der Waals surface area contributed by atoms with Crippen LogP contribution in [0.15, 0.2) is 42.5 Å². The van der Waals surface area contributed by atoms with E-state index in [0.29, 0.717) is 25.3 Å². The van der Waals surface area contributed by atoms with E-state index in [4.69, 9.17) is 9.47 Å². The first-order valence-electron chi connectivity index (χ1n) is 9.38. The van der Waals surface area contributed by atoms with Gasteiger partial charge in [-0.1, -0.05) is 38.0 Å². The lowest BCUT2D eigenvalue weighted by Gasteiger charge is -2.14. The largest absolute Gasteiger partial charge is 0.493 e. The van der Waals surface area contributed by atoms with E-state index in [1.54, 1.807) is 6.07 Å². The minimum absolute atomic E-state index is 0.0544. The molecule has 0 spiro atoms. The molecule has 0 saturated carbocycles. The van der Waals surface area contributed by atoms with Gasteiger partial charge in [-0.05, 0) is 50.1 Å². The SMILES string of the molecule is CCCCCNC(=O)c1ccc(OCC)c(COc2ccccc2C)c1. The molecular weight excluding hydrogens is 326 g/mol. The third kappa shape index (κ3) is 5.80. The van der Waals surface area contributed by atoms with Crippen molar-refractivity contribution in [3.8, 4) is 11.5 Å². The predicted octanol–water partition coefficient (Wildman–Crippen LogP) is 4.89. The van der Waals surface area contributed by atoms with Gasteiger partial charge in [-0.2, -0.15) is 0 Å². The number of benzene rings is 2. The highest BCUT2D eigenvalue weighted by molar-refractivity contribution is 5.94. The summed E-state index contributed by atoms with van der Waals surface area (Å²) in [6, 6.07) is 13.4. The summed E-state index contributed by atoms with van der Waals surface area (Å²) in [7, 11) is 0. The molecule has 140 valence electrons. The number of carbonyl (C=O) groups is 1. The first kappa shape index (κ1) is 19.8. The van der Waals surface area contributed by atoms with Crippen LogP contribution in [0.2, 0.25) is 0 Å². The molecule has 0 atom stereocenters. The molecule has 4 heteroatoms. The predicted molar refractivity (Wildman–Crippen MR) is 105 cm³/mol. The minimum Gasteiger partial charge on any atom is -0.493 e. The third-order valence-corrected chi connectivity index (χ3v) is 4.17. The summed E-state index contributed by atoms with van der Waals surface area (Å²) in [6.07, 6.45) is 3.26. The number of ether oxygens (including phenoxy) is 2. The Morgan fingerprint density at radius 3 is 2.54 bits per heavy atom. The Kier molecular flexibility index (Phi) is 8.00. The number of aryl methyl sites for hydroxylation is 1. The molecule has 4 nitrogen and oxygen atoms in total. The fourth-order valence-electron chi connectivity index (χ4n) is 2.68. The number of unbranched alkanes of at least 4 members (excludes halogenated alkanes) is 2. The lowest BCUT2D eigenvalue weighted by atomic mass is 10.1. The maximum atomic E-state index is 12.4. The number of hydrogen-bond acceptors (Lipinski definition) is 3. The average molecular weight is 355 g/mol. The Morgan fingerprint density at radius 1 is 1.00 bits per heavy atom. The van der Waals surface area contributed by atoms with E-state index in [1.165, 1.54) is 0 Å². The summed E-state index contributed by atoms with van der Waals surface area (Å²) >= 11 is 0.